The Kier molecular flexibility index (Phi) is 43.0. The van der Waals surface area contributed by atoms with Gasteiger partial charge in [0.1, 0.15) is 73.1 Å². The summed E-state index contributed by atoms with van der Waals surface area (Å²) in [5.41, 5.74) is 0.799. The molecule has 0 bridgehead atoms. The number of ether oxygens (including phenoxy) is 8. The molecule has 0 amide bonds. The predicted molar refractivity (Wildman–Crippen MR) is 573 cm³/mol. The number of aromatic nitrogens is 10. The third-order valence-corrected chi connectivity index (χ3v) is 33.5. The minimum absolute atomic E-state index is 0.00790. The molecule has 7 aromatic rings. The van der Waals surface area contributed by atoms with Crippen LogP contribution in [0.3, 0.4) is 0 Å². The first kappa shape index (κ1) is 121. The van der Waals surface area contributed by atoms with Crippen molar-refractivity contribution in [2.75, 3.05) is 125 Å². The van der Waals surface area contributed by atoms with E-state index in [1.165, 1.54) is 67.2 Å². The fraction of sp³-hybridized carbons (Fsp3) is 0.577. The molecule has 5 saturated heterocycles. The Morgan fingerprint density at radius 3 is 1.30 bits per heavy atom. The summed E-state index contributed by atoms with van der Waals surface area (Å²) in [5.74, 6) is -2.33. The van der Waals surface area contributed by atoms with Gasteiger partial charge in [-0.2, -0.15) is 0 Å². The summed E-state index contributed by atoms with van der Waals surface area (Å²) in [4.78, 5) is 157. The van der Waals surface area contributed by atoms with Gasteiger partial charge in [0.05, 0.1) is 35.9 Å². The van der Waals surface area contributed by atoms with Crippen LogP contribution < -0.4 is 60.2 Å². The zero-order chi connectivity index (χ0) is 108. The monoisotopic (exact) mass is 2210 g/mol. The molecule has 48 heteroatoms. The molecule has 803 valence electrons. The average Bonchev–Trinajstić information content (AvgIpc) is 1.64. The van der Waals surface area contributed by atoms with Gasteiger partial charge < -0.3 is 78.8 Å². The first-order valence-corrected chi connectivity index (χ1v) is 63.9. The van der Waals surface area contributed by atoms with Crippen molar-refractivity contribution in [1.29, 1.82) is 0 Å². The molecule has 0 spiro atoms. The van der Waals surface area contributed by atoms with Gasteiger partial charge in [0.2, 0.25) is 0 Å². The number of rotatable bonds is 35. The first-order chi connectivity index (χ1) is 67.6. The molecule has 21 atom stereocenters. The van der Waals surface area contributed by atoms with Gasteiger partial charge in [-0.3, -0.25) is 66.8 Å². The summed E-state index contributed by atoms with van der Waals surface area (Å²) in [7, 11) is 6.36. The summed E-state index contributed by atoms with van der Waals surface area (Å²) < 4.78 is 52.9. The molecule has 1 aliphatic carbocycles. The Morgan fingerprint density at radius 1 is 0.497 bits per heavy atom. The van der Waals surface area contributed by atoms with E-state index in [2.05, 4.69) is 145 Å². The van der Waals surface area contributed by atoms with Crippen LogP contribution in [-0.4, -0.2) is 381 Å². The Balaban J connectivity index is 0.000000208. The van der Waals surface area contributed by atoms with Crippen molar-refractivity contribution in [3.8, 4) is 11.1 Å². The number of carbonyl (C=O) groups excluding carboxylic acids is 4. The number of fused-ring (bicyclic) bond motifs is 3. The molecule has 2 unspecified atom stereocenters. The average molecular weight is 2210 g/mol. The van der Waals surface area contributed by atoms with Crippen LogP contribution in [0, 0.1) is 10.7 Å². The van der Waals surface area contributed by atoms with Crippen molar-refractivity contribution >= 4 is 123 Å². The SMILES string of the molecule is C=P(C)(C)CC[C@H]1OC(c2cn(C)c(=O)n(CCC(C)C(=O)OC(=O)OCC3c4ccccc4-c4ccccc43)c2=O)[C@H](O)[C@@H]1O.C=P(C)(C)CC[C@H]1O[C@@H](n2cc(CC(C)=O)c(=O)[nH]c2=O)[C@H](O)[C@@H]1O.C=P(C)(C)CC[C@H]1O[C@@H](n2cc(CC(C)=O)c(=O)[nH]c2=O)[C@H](OC)[C@@H]1O.C=P(C)(C)CC[C@H]1O[C@@H](n2cc(CNC)c(=O)[nH]c2=S)[C@H](O)[C@@H]1O.C=P(C)(C)CC[C@H]1O[C@@H](n2cc(CNC)c(=O)nc2[Se])[C@H](O)[C@@H]1O. The van der Waals surface area contributed by atoms with Crippen molar-refractivity contribution in [2.24, 2.45) is 13.0 Å². The number of aryl methyl sites for hydroxylation is 1. The van der Waals surface area contributed by atoms with Crippen LogP contribution in [0.1, 0.15) is 135 Å². The molecule has 145 heavy (non-hydrogen) atoms. The summed E-state index contributed by atoms with van der Waals surface area (Å²) in [5, 5.41) is 99.6. The Morgan fingerprint density at radius 2 is 0.869 bits per heavy atom. The number of ketones is 2. The number of nitrogens with one attached hydrogen (secondary N) is 5. The molecule has 6 aliphatic rings. The number of hydrogen-bond donors (Lipinski definition) is 14. The predicted octanol–water partition coefficient (Wildman–Crippen LogP) is 1.57. The van der Waals surface area contributed by atoms with E-state index in [-0.39, 0.29) is 82.5 Å². The fourth-order valence-electron chi connectivity index (χ4n) is 17.3. The van der Waals surface area contributed by atoms with E-state index >= 15 is 0 Å². The first-order valence-electron chi connectivity index (χ1n) is 47.3. The number of nitrogens with zero attached hydrogens (tertiary/aromatic N) is 7. The van der Waals surface area contributed by atoms with E-state index in [4.69, 9.17) is 50.1 Å². The molecule has 1 radical (unpaired) electrons. The van der Waals surface area contributed by atoms with E-state index in [1.807, 2.05) is 48.5 Å². The van der Waals surface area contributed by atoms with Crippen LogP contribution in [0.2, 0.25) is 0 Å². The zero-order valence-corrected chi connectivity index (χ0v) is 92.1. The number of Topliss-reactive ketones (excluding diaryl/α,β-unsaturated/α-hetero) is 2. The molecule has 5 aliphatic heterocycles. The van der Waals surface area contributed by atoms with Gasteiger partial charge >= 0.3 is 179 Å². The maximum atomic E-state index is 13.4. The molecule has 5 aromatic heterocycles. The van der Waals surface area contributed by atoms with Crippen LogP contribution in [0.15, 0.2) is 118 Å². The van der Waals surface area contributed by atoms with Gasteiger partial charge in [-0.15, -0.1) is 52.7 Å². The molecular weight excluding hydrogens is 2060 g/mol. The van der Waals surface area contributed by atoms with E-state index in [0.717, 1.165) is 62.2 Å². The van der Waals surface area contributed by atoms with E-state index in [9.17, 15) is 103 Å². The molecule has 5 fully saturated rings. The normalized spacial score (nSPS) is 25.2. The number of H-pyrrole nitrogens is 3. The van der Waals surface area contributed by atoms with Crippen LogP contribution in [0.4, 0.5) is 4.79 Å². The van der Waals surface area contributed by atoms with Crippen molar-refractivity contribution in [3.63, 3.8) is 0 Å². The molecule has 41 nitrogen and oxygen atoms in total. The van der Waals surface area contributed by atoms with E-state index in [1.54, 1.807) is 31.1 Å². The molecule has 10 heterocycles. The van der Waals surface area contributed by atoms with Gasteiger partial charge in [0.15, 0.2) is 23.5 Å². The quantitative estimate of drug-likeness (QED) is 0.00881. The van der Waals surface area contributed by atoms with Crippen LogP contribution in [0.25, 0.3) is 11.1 Å². The van der Waals surface area contributed by atoms with E-state index < -0.39 is 209 Å². The zero-order valence-electron chi connectivity index (χ0n) is 85.1. The topological polar surface area (TPSA) is 575 Å². The van der Waals surface area contributed by atoms with Crippen molar-refractivity contribution in [2.45, 2.75) is 220 Å². The van der Waals surface area contributed by atoms with Crippen molar-refractivity contribution in [1.82, 2.24) is 58.0 Å². The van der Waals surface area contributed by atoms with Crippen LogP contribution >= 0.6 is 46.6 Å². The summed E-state index contributed by atoms with van der Waals surface area (Å²) in [6, 6.07) is 15.7. The number of carbonyl (C=O) groups is 4. The summed E-state index contributed by atoms with van der Waals surface area (Å²) in [6.07, 6.45) is 14.9. The third kappa shape index (κ3) is 32.6. The number of hydrogen-bond acceptors (Lipinski definition) is 33. The van der Waals surface area contributed by atoms with Crippen LogP contribution in [-0.2, 0) is 91.8 Å². The van der Waals surface area contributed by atoms with Gasteiger partial charge in [-0.1, -0.05) is 55.5 Å². The molecule has 13 rings (SSSR count). The van der Waals surface area contributed by atoms with Gasteiger partial charge in [-0.05, 0) is 165 Å². The van der Waals surface area contributed by atoms with Crippen molar-refractivity contribution in [3.05, 3.63) is 206 Å². The number of aliphatic hydroxyl groups is 9. The second-order valence-electron chi connectivity index (χ2n) is 41.1. The Hall–Kier alpha value is -7.92. The fourth-order valence-corrected chi connectivity index (χ4v) is 22.8. The molecule has 2 aromatic carbocycles. The van der Waals surface area contributed by atoms with Gasteiger partial charge in [0, 0.05) is 87.5 Å². The standard InChI is InChI=1S/C34H41N2O9P.C17H27N2O6P.C16H25N2O6P.C15H26N3O4PS.C15H25N3O4PSe/c1-20(32(40)45-34(42)43-19-26-23-12-8-6-10-21(23)22-11-7-9-13-24(22)26)14-16-36-31(39)25(18-35(2)33(36)41)30-29(38)28(37)27(44-30)15-17-46(3,4)5;1-10(20)8-11-9-19(17(23)18-15(11)22)16-14(24-2)13(21)12(25-16)6-7-26(3,4)5;1-9(19)7-10-8-18(16(23)17-14(10)22)15-13(21)12(20)11(24-15)5-6-25(2,3)4;2*1-16-7-9-8-18(15(24)17-13(9)21)14-12(20)11(19)10(22-14)5-6-23(2,3)4/h6-13,18,20,26-30,37-38H,3,14-17,19H2,1-2,4-5H3;9,12-14,16,21H,3,6-8H2,1-2,4-5H3,(H,18,22,23);8,11-13,15,20-21H,2,5-7H2,1,3-4H3,(H,17,22,23);8,10-12,14,16,19-20H,2,5-7H2,1,3-4H3,(H,17,21,24);8,10-12,14,16,19-20H,2,5-7H2,1,3-4H3/t20?,27-,28-,29-,30?;12-,13-,14-,16-;11-,12-,13-,15-;2*10-,11-,12-,14-/m11111/s1. The Labute approximate surface area is 854 Å². The molecule has 14 N–H and O–H groups in total. The maximum absolute atomic E-state index is 13.4. The van der Waals surface area contributed by atoms with Crippen LogP contribution in [0.5, 0.6) is 0 Å². The number of esters is 1. The number of aliphatic hydroxyl groups excluding tert-OH is 9. The molecule has 0 saturated carbocycles. The third-order valence-electron chi connectivity index (χ3n) is 25.2. The second-order valence-corrected chi connectivity index (χ2v) is 63.8. The van der Waals surface area contributed by atoms with Crippen molar-refractivity contribution < 1.29 is 103 Å². The van der Waals surface area contributed by atoms with E-state index in [0.29, 0.717) is 61.0 Å². The minimum atomic E-state index is -1.41. The van der Waals surface area contributed by atoms with Gasteiger partial charge in [0.25, 0.3) is 22.2 Å². The second kappa shape index (κ2) is 51.7. The van der Waals surface area contributed by atoms with Gasteiger partial charge in [-0.25, -0.2) is 19.2 Å². The summed E-state index contributed by atoms with van der Waals surface area (Å²) in [6.45, 7) is 19.2. The Bertz CT molecular complexity index is 6560. The summed E-state index contributed by atoms with van der Waals surface area (Å²) >= 11 is 7.90. The number of benzene rings is 2. The number of aromatic amines is 3. The number of methoxy groups -OCH3 is 1. The molecular formula is C97H144N12O29P5SSe.